The zero-order chi connectivity index (χ0) is 11.8. The van der Waals surface area contributed by atoms with Crippen molar-refractivity contribution >= 4 is 0 Å². The molecule has 0 spiro atoms. The SMILES string of the molecule is CCNCCc1nc(C(CC)OCC)no1. The summed E-state index contributed by atoms with van der Waals surface area (Å²) in [5.74, 6) is 1.34. The zero-order valence-corrected chi connectivity index (χ0v) is 10.3. The summed E-state index contributed by atoms with van der Waals surface area (Å²) in [7, 11) is 0. The van der Waals surface area contributed by atoms with Gasteiger partial charge in [-0.2, -0.15) is 4.98 Å². The van der Waals surface area contributed by atoms with E-state index in [1.165, 1.54) is 0 Å². The third kappa shape index (κ3) is 3.90. The molecule has 0 aliphatic rings. The topological polar surface area (TPSA) is 60.2 Å². The molecule has 1 rings (SSSR count). The Bertz CT molecular complexity index is 289. The summed E-state index contributed by atoms with van der Waals surface area (Å²) in [6.07, 6.45) is 1.59. The largest absolute Gasteiger partial charge is 0.370 e. The van der Waals surface area contributed by atoms with Crippen LogP contribution in [0.15, 0.2) is 4.52 Å². The van der Waals surface area contributed by atoms with Crippen LogP contribution in [-0.4, -0.2) is 29.8 Å². The van der Waals surface area contributed by atoms with Gasteiger partial charge in [-0.25, -0.2) is 0 Å². The van der Waals surface area contributed by atoms with Gasteiger partial charge in [0.25, 0.3) is 0 Å². The molecule has 5 nitrogen and oxygen atoms in total. The first kappa shape index (κ1) is 13.1. The molecule has 0 bridgehead atoms. The molecule has 1 aromatic rings. The van der Waals surface area contributed by atoms with Crippen LogP contribution in [0, 0.1) is 0 Å². The number of nitrogens with zero attached hydrogens (tertiary/aromatic N) is 2. The molecule has 1 aromatic heterocycles. The molecule has 16 heavy (non-hydrogen) atoms. The van der Waals surface area contributed by atoms with Gasteiger partial charge in [0.2, 0.25) is 11.7 Å². The van der Waals surface area contributed by atoms with E-state index >= 15 is 0 Å². The predicted octanol–water partition coefficient (Wildman–Crippen LogP) is 1.71. The van der Waals surface area contributed by atoms with Crippen LogP contribution in [0.4, 0.5) is 0 Å². The molecule has 1 unspecified atom stereocenters. The molecule has 5 heteroatoms. The minimum absolute atomic E-state index is 0.0402. The molecule has 1 atom stereocenters. The van der Waals surface area contributed by atoms with Crippen LogP contribution in [0.1, 0.15) is 45.0 Å². The molecule has 1 N–H and O–H groups in total. The van der Waals surface area contributed by atoms with Crippen molar-refractivity contribution in [3.8, 4) is 0 Å². The second-order valence-corrected chi connectivity index (χ2v) is 3.50. The van der Waals surface area contributed by atoms with E-state index in [-0.39, 0.29) is 6.10 Å². The summed E-state index contributed by atoms with van der Waals surface area (Å²) in [6, 6.07) is 0. The fourth-order valence-electron chi connectivity index (χ4n) is 1.45. The molecule has 0 aliphatic carbocycles. The zero-order valence-electron chi connectivity index (χ0n) is 10.3. The van der Waals surface area contributed by atoms with E-state index in [0.29, 0.717) is 18.3 Å². The lowest BCUT2D eigenvalue weighted by atomic mass is 10.2. The Kier molecular flexibility index (Phi) is 6.03. The number of nitrogens with one attached hydrogen (secondary N) is 1. The van der Waals surface area contributed by atoms with E-state index in [9.17, 15) is 0 Å². The van der Waals surface area contributed by atoms with Crippen LogP contribution in [0.5, 0.6) is 0 Å². The predicted molar refractivity (Wildman–Crippen MR) is 61.2 cm³/mol. The highest BCUT2D eigenvalue weighted by Crippen LogP contribution is 2.17. The van der Waals surface area contributed by atoms with Crippen LogP contribution in [0.3, 0.4) is 0 Å². The molecular formula is C11H21N3O2. The quantitative estimate of drug-likeness (QED) is 0.685. The van der Waals surface area contributed by atoms with Gasteiger partial charge in [-0.3, -0.25) is 0 Å². The Morgan fingerprint density at radius 2 is 2.19 bits per heavy atom. The Labute approximate surface area is 96.6 Å². The smallest absolute Gasteiger partial charge is 0.228 e. The summed E-state index contributed by atoms with van der Waals surface area (Å²) in [6.45, 7) is 8.58. The fourth-order valence-corrected chi connectivity index (χ4v) is 1.45. The average Bonchev–Trinajstić information content (AvgIpc) is 2.75. The average molecular weight is 227 g/mol. The lowest BCUT2D eigenvalue weighted by Gasteiger charge is -2.09. The van der Waals surface area contributed by atoms with E-state index in [4.69, 9.17) is 9.26 Å². The van der Waals surface area contributed by atoms with Crippen LogP contribution in [0.25, 0.3) is 0 Å². The van der Waals surface area contributed by atoms with E-state index in [2.05, 4.69) is 29.3 Å². The molecule has 1 heterocycles. The Morgan fingerprint density at radius 1 is 1.38 bits per heavy atom. The molecule has 0 radical (unpaired) electrons. The van der Waals surface area contributed by atoms with Crippen molar-refractivity contribution in [1.29, 1.82) is 0 Å². The van der Waals surface area contributed by atoms with E-state index in [1.54, 1.807) is 0 Å². The van der Waals surface area contributed by atoms with Gasteiger partial charge in [-0.15, -0.1) is 0 Å². The van der Waals surface area contributed by atoms with Gasteiger partial charge >= 0.3 is 0 Å². The molecule has 92 valence electrons. The molecule has 0 aliphatic heterocycles. The third-order valence-electron chi connectivity index (χ3n) is 2.28. The summed E-state index contributed by atoms with van der Waals surface area (Å²) >= 11 is 0. The molecule has 0 saturated heterocycles. The van der Waals surface area contributed by atoms with Crippen LogP contribution in [0.2, 0.25) is 0 Å². The van der Waals surface area contributed by atoms with Crippen molar-refractivity contribution in [2.75, 3.05) is 19.7 Å². The third-order valence-corrected chi connectivity index (χ3v) is 2.28. The van der Waals surface area contributed by atoms with Crippen molar-refractivity contribution in [3.63, 3.8) is 0 Å². The number of ether oxygens (including phenoxy) is 1. The van der Waals surface area contributed by atoms with Gasteiger partial charge in [0.1, 0.15) is 6.10 Å². The molecule has 0 fully saturated rings. The molecule has 0 saturated carbocycles. The maximum absolute atomic E-state index is 5.52. The first-order valence-corrected chi connectivity index (χ1v) is 5.96. The minimum atomic E-state index is -0.0402. The first-order chi connectivity index (χ1) is 7.81. The van der Waals surface area contributed by atoms with Gasteiger partial charge in [0.05, 0.1) is 0 Å². The normalized spacial score (nSPS) is 12.9. The summed E-state index contributed by atoms with van der Waals surface area (Å²) in [4.78, 5) is 4.33. The van der Waals surface area contributed by atoms with E-state index in [1.807, 2.05) is 6.92 Å². The Morgan fingerprint density at radius 3 is 2.81 bits per heavy atom. The maximum Gasteiger partial charge on any atom is 0.228 e. The highest BCUT2D eigenvalue weighted by Gasteiger charge is 2.16. The molecule has 0 amide bonds. The second kappa shape index (κ2) is 7.35. The van der Waals surface area contributed by atoms with Crippen molar-refractivity contribution in [2.45, 2.75) is 39.7 Å². The highest BCUT2D eigenvalue weighted by atomic mass is 16.5. The first-order valence-electron chi connectivity index (χ1n) is 5.96. The van der Waals surface area contributed by atoms with Crippen LogP contribution >= 0.6 is 0 Å². The van der Waals surface area contributed by atoms with Gasteiger partial charge < -0.3 is 14.6 Å². The summed E-state index contributed by atoms with van der Waals surface area (Å²) in [5.41, 5.74) is 0. The van der Waals surface area contributed by atoms with Crippen molar-refractivity contribution in [3.05, 3.63) is 11.7 Å². The molecular weight excluding hydrogens is 206 g/mol. The van der Waals surface area contributed by atoms with E-state index < -0.39 is 0 Å². The monoisotopic (exact) mass is 227 g/mol. The number of hydrogen-bond acceptors (Lipinski definition) is 5. The fraction of sp³-hybridized carbons (Fsp3) is 0.818. The van der Waals surface area contributed by atoms with E-state index in [0.717, 1.165) is 25.9 Å². The van der Waals surface area contributed by atoms with Crippen LogP contribution in [-0.2, 0) is 11.2 Å². The number of aromatic nitrogens is 2. The van der Waals surface area contributed by atoms with Gasteiger partial charge in [-0.1, -0.05) is 19.0 Å². The minimum Gasteiger partial charge on any atom is -0.370 e. The van der Waals surface area contributed by atoms with Gasteiger partial charge in [-0.05, 0) is 19.9 Å². The number of hydrogen-bond donors (Lipinski definition) is 1. The molecule has 0 aromatic carbocycles. The Hall–Kier alpha value is -0.940. The van der Waals surface area contributed by atoms with Crippen molar-refractivity contribution in [2.24, 2.45) is 0 Å². The van der Waals surface area contributed by atoms with Crippen molar-refractivity contribution in [1.82, 2.24) is 15.5 Å². The number of rotatable bonds is 8. The highest BCUT2D eigenvalue weighted by molar-refractivity contribution is 4.91. The second-order valence-electron chi connectivity index (χ2n) is 3.50. The van der Waals surface area contributed by atoms with Crippen LogP contribution < -0.4 is 5.32 Å². The lowest BCUT2D eigenvalue weighted by Crippen LogP contribution is -2.16. The number of likely N-dealkylation sites (N-methyl/N-ethyl adjacent to an activating group) is 1. The van der Waals surface area contributed by atoms with Gasteiger partial charge in [0, 0.05) is 19.6 Å². The maximum atomic E-state index is 5.52. The Balaban J connectivity index is 2.48. The standard InChI is InChI=1S/C11H21N3O2/c1-4-9(15-6-3)11-13-10(16-14-11)7-8-12-5-2/h9,12H,4-8H2,1-3H3. The summed E-state index contributed by atoms with van der Waals surface area (Å²) < 4.78 is 10.7. The van der Waals surface area contributed by atoms with Crippen molar-refractivity contribution < 1.29 is 9.26 Å². The summed E-state index contributed by atoms with van der Waals surface area (Å²) in [5, 5.41) is 7.16. The van der Waals surface area contributed by atoms with Gasteiger partial charge in [0.15, 0.2) is 0 Å². The lowest BCUT2D eigenvalue weighted by molar-refractivity contribution is 0.0518.